The number of carbonyl (C=O) groups is 1. The van der Waals surface area contributed by atoms with E-state index in [2.05, 4.69) is 13.8 Å². The van der Waals surface area contributed by atoms with Gasteiger partial charge >= 0.3 is 5.97 Å². The van der Waals surface area contributed by atoms with Gasteiger partial charge in [-0.15, -0.1) is 0 Å². The van der Waals surface area contributed by atoms with Crippen LogP contribution in [-0.2, 0) is 9.05 Å². The third-order valence-corrected chi connectivity index (χ3v) is 3.98. The van der Waals surface area contributed by atoms with Gasteiger partial charge < -0.3 is 9.84 Å². The molecule has 0 aliphatic heterocycles. The van der Waals surface area contributed by atoms with Gasteiger partial charge in [-0.1, -0.05) is 13.8 Å². The summed E-state index contributed by atoms with van der Waals surface area (Å²) in [5, 5.41) is 8.86. The Labute approximate surface area is 122 Å². The molecule has 1 rings (SSSR count). The van der Waals surface area contributed by atoms with E-state index in [1.807, 2.05) is 0 Å². The third-order valence-electron chi connectivity index (χ3n) is 2.64. The largest absolute Gasteiger partial charge is 0.492 e. The molecule has 0 saturated carbocycles. The summed E-state index contributed by atoms with van der Waals surface area (Å²) in [6.45, 7) is 4.51. The normalized spacial score (nSPS) is 11.6. The van der Waals surface area contributed by atoms with Crippen molar-refractivity contribution < 1.29 is 23.1 Å². The maximum absolute atomic E-state index is 11.5. The van der Waals surface area contributed by atoms with Crippen LogP contribution in [0.2, 0.25) is 0 Å². The summed E-state index contributed by atoms with van der Waals surface area (Å²) < 4.78 is 28.3. The molecule has 0 unspecified atom stereocenters. The molecular formula is C13H17ClO5S. The second-order valence-corrected chi connectivity index (χ2v) is 7.32. The van der Waals surface area contributed by atoms with Crippen molar-refractivity contribution in [2.45, 2.75) is 31.6 Å². The highest BCUT2D eigenvalue weighted by atomic mass is 35.7. The van der Waals surface area contributed by atoms with Crippen molar-refractivity contribution in [1.82, 2.24) is 0 Å². The average Bonchev–Trinajstić information content (AvgIpc) is 2.33. The van der Waals surface area contributed by atoms with Crippen molar-refractivity contribution in [3.63, 3.8) is 0 Å². The number of halogens is 1. The van der Waals surface area contributed by atoms with Gasteiger partial charge in [0.1, 0.15) is 10.6 Å². The van der Waals surface area contributed by atoms with E-state index in [1.165, 1.54) is 12.1 Å². The molecule has 0 heterocycles. The summed E-state index contributed by atoms with van der Waals surface area (Å²) in [5.41, 5.74) is -0.154. The molecule has 0 spiro atoms. The smallest absolute Gasteiger partial charge is 0.335 e. The van der Waals surface area contributed by atoms with Crippen LogP contribution in [0, 0.1) is 5.92 Å². The Kier molecular flexibility index (Phi) is 5.83. The second kappa shape index (κ2) is 6.95. The standard InChI is InChI=1S/C13H17ClO5S/c1-9(2)4-3-7-19-11-6-5-10(13(15)16)8-12(11)20(14,17)18/h5-6,8-9H,3-4,7H2,1-2H3,(H,15,16). The number of benzene rings is 1. The summed E-state index contributed by atoms with van der Waals surface area (Å²) in [6, 6.07) is 3.60. The molecule has 0 saturated heterocycles. The van der Waals surface area contributed by atoms with E-state index in [4.69, 9.17) is 20.5 Å². The van der Waals surface area contributed by atoms with Crippen LogP contribution in [0.4, 0.5) is 0 Å². The van der Waals surface area contributed by atoms with Gasteiger partial charge in [0.25, 0.3) is 9.05 Å². The lowest BCUT2D eigenvalue weighted by atomic mass is 10.1. The second-order valence-electron chi connectivity index (χ2n) is 4.79. The quantitative estimate of drug-likeness (QED) is 0.616. The molecule has 0 aliphatic rings. The van der Waals surface area contributed by atoms with Crippen molar-refractivity contribution in [3.8, 4) is 5.75 Å². The first-order chi connectivity index (χ1) is 9.21. The van der Waals surface area contributed by atoms with E-state index >= 15 is 0 Å². The first kappa shape index (κ1) is 16.8. The highest BCUT2D eigenvalue weighted by Gasteiger charge is 2.19. The first-order valence-corrected chi connectivity index (χ1v) is 8.47. The van der Waals surface area contributed by atoms with Gasteiger partial charge in [0.15, 0.2) is 0 Å². The van der Waals surface area contributed by atoms with Gasteiger partial charge in [0.2, 0.25) is 0 Å². The van der Waals surface area contributed by atoms with E-state index in [1.54, 1.807) is 0 Å². The topological polar surface area (TPSA) is 80.7 Å². The van der Waals surface area contributed by atoms with Crippen molar-refractivity contribution in [3.05, 3.63) is 23.8 Å². The molecule has 0 fully saturated rings. The lowest BCUT2D eigenvalue weighted by Gasteiger charge is -2.11. The number of ether oxygens (including phenoxy) is 1. The van der Waals surface area contributed by atoms with E-state index < -0.39 is 15.0 Å². The number of aromatic carboxylic acids is 1. The van der Waals surface area contributed by atoms with Crippen LogP contribution >= 0.6 is 10.7 Å². The highest BCUT2D eigenvalue weighted by Crippen LogP contribution is 2.28. The molecule has 0 aliphatic carbocycles. The van der Waals surface area contributed by atoms with Gasteiger partial charge in [-0.25, -0.2) is 13.2 Å². The van der Waals surface area contributed by atoms with Crippen LogP contribution in [-0.4, -0.2) is 26.1 Å². The molecule has 20 heavy (non-hydrogen) atoms. The number of hydrogen-bond acceptors (Lipinski definition) is 4. The molecule has 112 valence electrons. The van der Waals surface area contributed by atoms with Gasteiger partial charge in [-0.05, 0) is 37.0 Å². The summed E-state index contributed by atoms with van der Waals surface area (Å²) in [4.78, 5) is 10.5. The lowest BCUT2D eigenvalue weighted by Crippen LogP contribution is -2.05. The summed E-state index contributed by atoms with van der Waals surface area (Å²) in [6.07, 6.45) is 1.73. The number of carboxylic acids is 1. The van der Waals surface area contributed by atoms with E-state index in [9.17, 15) is 13.2 Å². The Morgan fingerprint density at radius 2 is 2.05 bits per heavy atom. The Morgan fingerprint density at radius 1 is 1.40 bits per heavy atom. The van der Waals surface area contributed by atoms with Crippen molar-refractivity contribution >= 4 is 25.7 Å². The summed E-state index contributed by atoms with van der Waals surface area (Å²) >= 11 is 0. The monoisotopic (exact) mass is 320 g/mol. The van der Waals surface area contributed by atoms with Crippen LogP contribution in [0.15, 0.2) is 23.1 Å². The SMILES string of the molecule is CC(C)CCCOc1ccc(C(=O)O)cc1S(=O)(=O)Cl. The van der Waals surface area contributed by atoms with E-state index in [-0.39, 0.29) is 16.2 Å². The maximum Gasteiger partial charge on any atom is 0.335 e. The predicted octanol–water partition coefficient (Wildman–Crippen LogP) is 3.13. The van der Waals surface area contributed by atoms with E-state index in [0.717, 1.165) is 18.9 Å². The molecule has 1 N–H and O–H groups in total. The van der Waals surface area contributed by atoms with Crippen LogP contribution in [0.5, 0.6) is 5.75 Å². The molecule has 1 aromatic rings. The van der Waals surface area contributed by atoms with Crippen LogP contribution in [0.1, 0.15) is 37.0 Å². The Balaban J connectivity index is 2.93. The fraction of sp³-hybridized carbons (Fsp3) is 0.462. The molecule has 0 bridgehead atoms. The van der Waals surface area contributed by atoms with Crippen molar-refractivity contribution in [2.24, 2.45) is 5.92 Å². The molecule has 0 amide bonds. The predicted molar refractivity (Wildman–Crippen MR) is 76.0 cm³/mol. The zero-order valence-corrected chi connectivity index (χ0v) is 12.9. The van der Waals surface area contributed by atoms with Gasteiger partial charge in [-0.3, -0.25) is 0 Å². The van der Waals surface area contributed by atoms with Crippen LogP contribution in [0.25, 0.3) is 0 Å². The maximum atomic E-state index is 11.5. The molecule has 0 atom stereocenters. The van der Waals surface area contributed by atoms with Gasteiger partial charge in [0, 0.05) is 10.7 Å². The molecule has 0 aromatic heterocycles. The van der Waals surface area contributed by atoms with Crippen molar-refractivity contribution in [1.29, 1.82) is 0 Å². The molecule has 1 aromatic carbocycles. The minimum atomic E-state index is -4.06. The molecule has 5 nitrogen and oxygen atoms in total. The van der Waals surface area contributed by atoms with Crippen molar-refractivity contribution in [2.75, 3.05) is 6.61 Å². The Hall–Kier alpha value is -1.27. The Bertz CT molecular complexity index is 580. The highest BCUT2D eigenvalue weighted by molar-refractivity contribution is 8.13. The summed E-state index contributed by atoms with van der Waals surface area (Å²) in [5.74, 6) is -0.615. The van der Waals surface area contributed by atoms with Gasteiger partial charge in [0.05, 0.1) is 12.2 Å². The van der Waals surface area contributed by atoms with Crippen LogP contribution < -0.4 is 4.74 Å². The van der Waals surface area contributed by atoms with Crippen LogP contribution in [0.3, 0.4) is 0 Å². The fourth-order valence-electron chi connectivity index (χ4n) is 1.62. The molecule has 7 heteroatoms. The minimum absolute atomic E-state index is 0.0776. The molecular weight excluding hydrogens is 304 g/mol. The first-order valence-electron chi connectivity index (χ1n) is 6.16. The zero-order chi connectivity index (χ0) is 15.3. The zero-order valence-electron chi connectivity index (χ0n) is 11.3. The van der Waals surface area contributed by atoms with E-state index in [0.29, 0.717) is 12.5 Å². The minimum Gasteiger partial charge on any atom is -0.492 e. The fourth-order valence-corrected chi connectivity index (χ4v) is 2.62. The number of rotatable bonds is 7. The number of hydrogen-bond donors (Lipinski definition) is 1. The Morgan fingerprint density at radius 3 is 2.55 bits per heavy atom. The average molecular weight is 321 g/mol. The van der Waals surface area contributed by atoms with Gasteiger partial charge in [-0.2, -0.15) is 0 Å². The third kappa shape index (κ3) is 5.02. The molecule has 0 radical (unpaired) electrons. The summed E-state index contributed by atoms with van der Waals surface area (Å²) in [7, 11) is 1.24. The lowest BCUT2D eigenvalue weighted by molar-refractivity contribution is 0.0696. The number of carboxylic acid groups (broad SMARTS) is 1.